The second-order valence-corrected chi connectivity index (χ2v) is 4.93. The zero-order valence-corrected chi connectivity index (χ0v) is 12.6. The van der Waals surface area contributed by atoms with Crippen LogP contribution in [0, 0.1) is 5.82 Å². The predicted octanol–water partition coefficient (Wildman–Crippen LogP) is 4.54. The normalized spacial score (nSPS) is 10.7. The van der Waals surface area contributed by atoms with Crippen LogP contribution in [0.2, 0.25) is 0 Å². The highest BCUT2D eigenvalue weighted by Crippen LogP contribution is 2.31. The van der Waals surface area contributed by atoms with Crippen LogP contribution in [0.15, 0.2) is 54.6 Å². The zero-order valence-electron chi connectivity index (χ0n) is 12.6. The van der Waals surface area contributed by atoms with E-state index in [9.17, 15) is 4.39 Å². The topological polar surface area (TPSA) is 25.4 Å². The van der Waals surface area contributed by atoms with Gasteiger partial charge in [0.25, 0.3) is 0 Å². The van der Waals surface area contributed by atoms with Gasteiger partial charge >= 0.3 is 0 Å². The molecule has 3 nitrogen and oxygen atoms in total. The third kappa shape index (κ3) is 2.60. The number of benzene rings is 2. The van der Waals surface area contributed by atoms with E-state index in [2.05, 4.69) is 4.98 Å². The lowest BCUT2D eigenvalue weighted by Gasteiger charge is -2.23. The molecule has 0 saturated carbocycles. The summed E-state index contributed by atoms with van der Waals surface area (Å²) in [6, 6.07) is 16.4. The van der Waals surface area contributed by atoms with Crippen molar-refractivity contribution in [3.8, 4) is 5.88 Å². The zero-order chi connectivity index (χ0) is 15.5. The second-order valence-electron chi connectivity index (χ2n) is 4.93. The average Bonchev–Trinajstić information content (AvgIpc) is 2.56. The molecule has 4 heteroatoms. The van der Waals surface area contributed by atoms with Crippen LogP contribution in [0.3, 0.4) is 0 Å². The van der Waals surface area contributed by atoms with E-state index >= 15 is 0 Å². The minimum Gasteiger partial charge on any atom is -0.480 e. The van der Waals surface area contributed by atoms with Crippen molar-refractivity contribution in [2.24, 2.45) is 0 Å². The van der Waals surface area contributed by atoms with Crippen molar-refractivity contribution in [1.82, 2.24) is 4.98 Å². The Morgan fingerprint density at radius 2 is 1.82 bits per heavy atom. The molecule has 22 heavy (non-hydrogen) atoms. The van der Waals surface area contributed by atoms with Gasteiger partial charge in [-0.25, -0.2) is 4.39 Å². The SMILES string of the molecule is CCN(c1ccc(F)cc1)c1cc2ccccc2c(OC)n1. The molecule has 2 aromatic carbocycles. The van der Waals surface area contributed by atoms with Crippen molar-refractivity contribution in [3.05, 3.63) is 60.4 Å². The summed E-state index contributed by atoms with van der Waals surface area (Å²) >= 11 is 0. The molecule has 0 atom stereocenters. The molecule has 1 heterocycles. The van der Waals surface area contributed by atoms with E-state index in [1.165, 1.54) is 12.1 Å². The van der Waals surface area contributed by atoms with Crippen LogP contribution < -0.4 is 9.64 Å². The Balaban J connectivity index is 2.12. The number of nitrogens with zero attached hydrogens (tertiary/aromatic N) is 2. The van der Waals surface area contributed by atoms with Gasteiger partial charge in [0.1, 0.15) is 11.6 Å². The molecule has 112 valence electrons. The van der Waals surface area contributed by atoms with Gasteiger partial charge in [-0.05, 0) is 48.7 Å². The number of anilines is 2. The fraction of sp³-hybridized carbons (Fsp3) is 0.167. The molecule has 1 aromatic heterocycles. The number of methoxy groups -OCH3 is 1. The van der Waals surface area contributed by atoms with Crippen molar-refractivity contribution in [2.75, 3.05) is 18.6 Å². The number of fused-ring (bicyclic) bond motifs is 1. The number of pyridine rings is 1. The van der Waals surface area contributed by atoms with Crippen molar-refractivity contribution in [2.45, 2.75) is 6.92 Å². The van der Waals surface area contributed by atoms with Gasteiger partial charge in [0.15, 0.2) is 0 Å². The van der Waals surface area contributed by atoms with E-state index in [0.717, 1.165) is 28.8 Å². The number of hydrogen-bond acceptors (Lipinski definition) is 3. The largest absolute Gasteiger partial charge is 0.480 e. The molecular formula is C18H17FN2O. The smallest absolute Gasteiger partial charge is 0.223 e. The lowest BCUT2D eigenvalue weighted by Crippen LogP contribution is -2.17. The van der Waals surface area contributed by atoms with Gasteiger partial charge in [-0.15, -0.1) is 0 Å². The minimum atomic E-state index is -0.246. The first-order valence-corrected chi connectivity index (χ1v) is 7.20. The second kappa shape index (κ2) is 6.02. The van der Waals surface area contributed by atoms with Crippen LogP contribution in [0.25, 0.3) is 10.8 Å². The van der Waals surface area contributed by atoms with Crippen LogP contribution in [-0.2, 0) is 0 Å². The maximum absolute atomic E-state index is 13.1. The summed E-state index contributed by atoms with van der Waals surface area (Å²) in [5.41, 5.74) is 0.897. The number of halogens is 1. The fourth-order valence-corrected chi connectivity index (χ4v) is 2.55. The van der Waals surface area contributed by atoms with E-state index < -0.39 is 0 Å². The summed E-state index contributed by atoms with van der Waals surface area (Å²) in [4.78, 5) is 6.62. The van der Waals surface area contributed by atoms with Crippen LogP contribution in [0.1, 0.15) is 6.92 Å². The average molecular weight is 296 g/mol. The van der Waals surface area contributed by atoms with Crippen LogP contribution >= 0.6 is 0 Å². The molecule has 0 amide bonds. The monoisotopic (exact) mass is 296 g/mol. The van der Waals surface area contributed by atoms with Crippen LogP contribution in [0.4, 0.5) is 15.9 Å². The minimum absolute atomic E-state index is 0.246. The van der Waals surface area contributed by atoms with E-state index in [1.54, 1.807) is 19.2 Å². The summed E-state index contributed by atoms with van der Waals surface area (Å²) in [7, 11) is 1.62. The van der Waals surface area contributed by atoms with Gasteiger partial charge in [-0.2, -0.15) is 4.98 Å². The number of hydrogen-bond donors (Lipinski definition) is 0. The van der Waals surface area contributed by atoms with Gasteiger partial charge in [-0.3, -0.25) is 0 Å². The maximum atomic E-state index is 13.1. The molecule has 0 unspecified atom stereocenters. The van der Waals surface area contributed by atoms with E-state index in [-0.39, 0.29) is 5.82 Å². The molecule has 0 aliphatic carbocycles. The third-order valence-electron chi connectivity index (χ3n) is 3.62. The lowest BCUT2D eigenvalue weighted by atomic mass is 10.1. The van der Waals surface area contributed by atoms with E-state index in [0.29, 0.717) is 5.88 Å². The number of aromatic nitrogens is 1. The maximum Gasteiger partial charge on any atom is 0.223 e. The summed E-state index contributed by atoms with van der Waals surface area (Å²) < 4.78 is 18.5. The molecule has 0 aliphatic rings. The van der Waals surface area contributed by atoms with Gasteiger partial charge in [0, 0.05) is 17.6 Å². The molecule has 0 aliphatic heterocycles. The highest BCUT2D eigenvalue weighted by atomic mass is 19.1. The van der Waals surface area contributed by atoms with Crippen molar-refractivity contribution in [1.29, 1.82) is 0 Å². The summed E-state index contributed by atoms with van der Waals surface area (Å²) in [5, 5.41) is 2.04. The van der Waals surface area contributed by atoms with Gasteiger partial charge in [0.05, 0.1) is 7.11 Å². The summed E-state index contributed by atoms with van der Waals surface area (Å²) in [6.07, 6.45) is 0. The van der Waals surface area contributed by atoms with Crippen LogP contribution in [0.5, 0.6) is 5.88 Å². The first-order chi connectivity index (χ1) is 10.7. The molecule has 3 aromatic rings. The Kier molecular flexibility index (Phi) is 3.92. The Hall–Kier alpha value is -2.62. The molecule has 0 spiro atoms. The van der Waals surface area contributed by atoms with Crippen LogP contribution in [-0.4, -0.2) is 18.6 Å². The van der Waals surface area contributed by atoms with Crippen molar-refractivity contribution < 1.29 is 9.13 Å². The Labute approximate surface area is 129 Å². The molecular weight excluding hydrogens is 279 g/mol. The first kappa shape index (κ1) is 14.3. The van der Waals surface area contributed by atoms with Gasteiger partial charge < -0.3 is 9.64 Å². The van der Waals surface area contributed by atoms with Crippen molar-refractivity contribution in [3.63, 3.8) is 0 Å². The number of rotatable bonds is 4. The standard InChI is InChI=1S/C18H17FN2O/c1-3-21(15-10-8-14(19)9-11-15)17-12-13-6-4-5-7-16(13)18(20-17)22-2/h4-12H,3H2,1-2H3. The quantitative estimate of drug-likeness (QED) is 0.706. The number of ether oxygens (including phenoxy) is 1. The molecule has 0 N–H and O–H groups in total. The Morgan fingerprint density at radius 3 is 2.50 bits per heavy atom. The molecule has 0 bridgehead atoms. The molecule has 0 radical (unpaired) electrons. The highest BCUT2D eigenvalue weighted by molar-refractivity contribution is 5.89. The predicted molar refractivity (Wildman–Crippen MR) is 87.4 cm³/mol. The van der Waals surface area contributed by atoms with E-state index in [1.807, 2.05) is 42.2 Å². The Bertz CT molecular complexity index is 787. The fourth-order valence-electron chi connectivity index (χ4n) is 2.55. The Morgan fingerprint density at radius 1 is 1.09 bits per heavy atom. The highest BCUT2D eigenvalue weighted by Gasteiger charge is 2.13. The van der Waals surface area contributed by atoms with E-state index in [4.69, 9.17) is 4.74 Å². The molecule has 0 saturated heterocycles. The lowest BCUT2D eigenvalue weighted by molar-refractivity contribution is 0.403. The summed E-state index contributed by atoms with van der Waals surface area (Å²) in [5.74, 6) is 1.13. The summed E-state index contributed by atoms with van der Waals surface area (Å²) in [6.45, 7) is 2.76. The third-order valence-corrected chi connectivity index (χ3v) is 3.62. The first-order valence-electron chi connectivity index (χ1n) is 7.20. The van der Waals surface area contributed by atoms with Gasteiger partial charge in [0.2, 0.25) is 5.88 Å². The molecule has 0 fully saturated rings. The van der Waals surface area contributed by atoms with Crippen molar-refractivity contribution >= 4 is 22.3 Å². The van der Waals surface area contributed by atoms with Gasteiger partial charge in [-0.1, -0.05) is 18.2 Å². The molecule has 3 rings (SSSR count).